The average Bonchev–Trinajstić information content (AvgIpc) is 3.89. The zero-order chi connectivity index (χ0) is 34.3. The van der Waals surface area contributed by atoms with E-state index in [1.807, 2.05) is 50.5 Å². The van der Waals surface area contributed by atoms with Crippen LogP contribution in [0.15, 0.2) is 18.2 Å². The number of ether oxygens (including phenoxy) is 3. The third kappa shape index (κ3) is 9.56. The highest BCUT2D eigenvalue weighted by molar-refractivity contribution is 7.84. The van der Waals surface area contributed by atoms with Crippen molar-refractivity contribution >= 4 is 36.1 Å². The summed E-state index contributed by atoms with van der Waals surface area (Å²) in [6.45, 7) is 14.9. The highest BCUT2D eigenvalue weighted by Gasteiger charge is 2.49. The van der Waals surface area contributed by atoms with Crippen molar-refractivity contribution in [1.82, 2.24) is 24.5 Å². The van der Waals surface area contributed by atoms with Crippen LogP contribution in [0.5, 0.6) is 0 Å². The Hall–Kier alpha value is -2.04. The van der Waals surface area contributed by atoms with E-state index in [0.29, 0.717) is 23.5 Å². The van der Waals surface area contributed by atoms with Crippen molar-refractivity contribution in [2.75, 3.05) is 19.8 Å². The lowest BCUT2D eigenvalue weighted by Gasteiger charge is -2.29. The Morgan fingerprint density at radius 3 is 2.38 bits per heavy atom. The second-order valence-corrected chi connectivity index (χ2v) is 22.9. The predicted molar refractivity (Wildman–Crippen MR) is 178 cm³/mol. The van der Waals surface area contributed by atoms with Gasteiger partial charge < -0.3 is 29.0 Å². The van der Waals surface area contributed by atoms with Crippen LogP contribution in [0.4, 0.5) is 18.0 Å². The SMILES string of the molecule is C[C@@H](OC1CC1)[C@H](NS(=O)C(C)(C)C)c1nc2cc([C@@H](COC3CC3)N3C[C@@H](C(F)(F)F)NC3=O)ccc2n1COCC[Si](C)(C)C. The molecule has 0 bridgehead atoms. The molecule has 3 aliphatic rings. The van der Waals surface area contributed by atoms with E-state index in [2.05, 4.69) is 29.7 Å². The topological polar surface area (TPSA) is 107 Å². The van der Waals surface area contributed by atoms with E-state index in [9.17, 15) is 22.2 Å². The van der Waals surface area contributed by atoms with Crippen molar-refractivity contribution in [1.29, 1.82) is 0 Å². The zero-order valence-corrected chi connectivity index (χ0v) is 30.3. The molecule has 2 amide bonds. The van der Waals surface area contributed by atoms with Gasteiger partial charge in [-0.2, -0.15) is 13.2 Å². The molecule has 5 rings (SSSR count). The van der Waals surface area contributed by atoms with Gasteiger partial charge in [-0.15, -0.1) is 0 Å². The van der Waals surface area contributed by atoms with E-state index in [1.54, 1.807) is 0 Å². The third-order valence-corrected chi connectivity index (χ3v) is 11.9. The quantitative estimate of drug-likeness (QED) is 0.160. The van der Waals surface area contributed by atoms with E-state index in [-0.39, 0.29) is 31.6 Å². The second-order valence-electron chi connectivity index (χ2n) is 15.3. The van der Waals surface area contributed by atoms with Gasteiger partial charge in [0.15, 0.2) is 0 Å². The summed E-state index contributed by atoms with van der Waals surface area (Å²) in [7, 11) is -2.79. The Labute approximate surface area is 279 Å². The normalized spacial score (nSPS) is 22.0. The predicted octanol–water partition coefficient (Wildman–Crippen LogP) is 6.19. The molecule has 0 spiro atoms. The molecule has 1 unspecified atom stereocenters. The number of nitrogens with zero attached hydrogens (tertiary/aromatic N) is 3. The Morgan fingerprint density at radius 2 is 1.81 bits per heavy atom. The summed E-state index contributed by atoms with van der Waals surface area (Å²) in [5, 5.41) is 2.09. The number of rotatable bonds is 16. The monoisotopic (exact) mass is 701 g/mol. The van der Waals surface area contributed by atoms with Crippen LogP contribution in [0, 0.1) is 0 Å². The lowest BCUT2D eigenvalue weighted by molar-refractivity contribution is -0.150. The van der Waals surface area contributed by atoms with Crippen LogP contribution in [-0.2, 0) is 31.9 Å². The minimum absolute atomic E-state index is 0.0490. The van der Waals surface area contributed by atoms with Crippen LogP contribution >= 0.6 is 0 Å². The molecule has 264 valence electrons. The highest BCUT2D eigenvalue weighted by atomic mass is 32.2. The number of nitrogens with one attached hydrogen (secondary N) is 2. The number of urea groups is 1. The first kappa shape index (κ1) is 36.2. The number of amides is 2. The van der Waals surface area contributed by atoms with E-state index < -0.39 is 60.7 Å². The molecule has 5 atom stereocenters. The van der Waals surface area contributed by atoms with E-state index >= 15 is 0 Å². The first-order valence-electron chi connectivity index (χ1n) is 16.6. The first-order valence-corrected chi connectivity index (χ1v) is 21.4. The molecule has 2 saturated carbocycles. The number of alkyl halides is 3. The van der Waals surface area contributed by atoms with Crippen LogP contribution in [0.2, 0.25) is 25.7 Å². The van der Waals surface area contributed by atoms with Crippen LogP contribution in [0.25, 0.3) is 11.0 Å². The number of benzene rings is 1. The molecule has 1 aliphatic heterocycles. The van der Waals surface area contributed by atoms with Gasteiger partial charge in [0, 0.05) is 14.7 Å². The Balaban J connectivity index is 1.52. The zero-order valence-electron chi connectivity index (χ0n) is 28.5. The number of carbonyl (C=O) groups excluding carboxylic acids is 1. The van der Waals surface area contributed by atoms with E-state index in [1.165, 1.54) is 4.90 Å². The molecule has 2 heterocycles. The van der Waals surface area contributed by atoms with Gasteiger partial charge in [0.25, 0.3) is 0 Å². The number of imidazole rings is 1. The van der Waals surface area contributed by atoms with Gasteiger partial charge in [-0.3, -0.25) is 0 Å². The molecule has 1 saturated heterocycles. The van der Waals surface area contributed by atoms with Crippen molar-refractivity contribution in [3.8, 4) is 0 Å². The number of fused-ring (bicyclic) bond motifs is 1. The standard InChI is InChI=1S/C32H50F3N5O5SSi/c1-20(45-23-11-12-23)28(38-46(42)31(2,3)4)29-36-24-16-21(8-13-25(24)40(29)19-43-14-15-47(5,6)7)26(18-44-22-9-10-22)39-17-27(32(33,34)35)37-30(39)41/h8,13,16,20,22-23,26-28,38H,9-12,14-15,17-19H2,1-7H3,(H,37,41)/t20-,26-,27+,28+,46?/m1/s1. The lowest BCUT2D eigenvalue weighted by Crippen LogP contribution is -2.41. The van der Waals surface area contributed by atoms with E-state index in [4.69, 9.17) is 19.2 Å². The van der Waals surface area contributed by atoms with Gasteiger partial charge in [0.2, 0.25) is 0 Å². The van der Waals surface area contributed by atoms with Crippen LogP contribution in [0.3, 0.4) is 0 Å². The van der Waals surface area contributed by atoms with Gasteiger partial charge in [0.1, 0.15) is 24.6 Å². The van der Waals surface area contributed by atoms with Gasteiger partial charge in [-0.1, -0.05) is 25.7 Å². The molecule has 1 aromatic carbocycles. The molecule has 2 N–H and O–H groups in total. The van der Waals surface area contributed by atoms with Crippen molar-refractivity contribution in [3.05, 3.63) is 29.6 Å². The fourth-order valence-electron chi connectivity index (χ4n) is 5.36. The fraction of sp³-hybridized carbons (Fsp3) is 0.750. The smallest absolute Gasteiger partial charge is 0.376 e. The molecular formula is C32H50F3N5O5SSi. The summed E-state index contributed by atoms with van der Waals surface area (Å²) < 4.78 is 77.4. The summed E-state index contributed by atoms with van der Waals surface area (Å²) in [4.78, 5) is 19.1. The van der Waals surface area contributed by atoms with Gasteiger partial charge >= 0.3 is 12.2 Å². The minimum atomic E-state index is -4.56. The molecule has 2 aliphatic carbocycles. The Morgan fingerprint density at radius 1 is 1.13 bits per heavy atom. The van der Waals surface area contributed by atoms with Crippen molar-refractivity contribution in [3.63, 3.8) is 0 Å². The molecular weight excluding hydrogens is 652 g/mol. The number of hydrogen-bond acceptors (Lipinski definition) is 6. The second kappa shape index (κ2) is 14.1. The minimum Gasteiger partial charge on any atom is -0.376 e. The lowest BCUT2D eigenvalue weighted by atomic mass is 10.0. The molecule has 2 aromatic rings. The summed E-state index contributed by atoms with van der Waals surface area (Å²) in [5.74, 6) is 0.595. The Kier molecular flexibility index (Phi) is 10.8. The third-order valence-electron chi connectivity index (χ3n) is 8.60. The maximum atomic E-state index is 13.6. The molecule has 3 fully saturated rings. The fourth-order valence-corrected chi connectivity index (χ4v) is 6.99. The molecule has 15 heteroatoms. The maximum Gasteiger partial charge on any atom is 0.410 e. The molecule has 1 aromatic heterocycles. The Bertz CT molecular complexity index is 1440. The summed E-state index contributed by atoms with van der Waals surface area (Å²) >= 11 is 0. The average molecular weight is 702 g/mol. The number of aromatic nitrogens is 2. The number of carbonyl (C=O) groups is 1. The summed E-state index contributed by atoms with van der Waals surface area (Å²) in [6.07, 6.45) is -1.00. The molecule has 10 nitrogen and oxygen atoms in total. The number of halogens is 3. The van der Waals surface area contributed by atoms with Gasteiger partial charge in [-0.05, 0) is 77.1 Å². The summed E-state index contributed by atoms with van der Waals surface area (Å²) in [6, 6.07) is 2.47. The number of hydrogen-bond donors (Lipinski definition) is 2. The van der Waals surface area contributed by atoms with Crippen LogP contribution < -0.4 is 10.0 Å². The highest BCUT2D eigenvalue weighted by Crippen LogP contribution is 2.36. The largest absolute Gasteiger partial charge is 0.410 e. The molecule has 47 heavy (non-hydrogen) atoms. The van der Waals surface area contributed by atoms with Crippen LogP contribution in [0.1, 0.15) is 76.8 Å². The van der Waals surface area contributed by atoms with Crippen molar-refractivity contribution < 1.29 is 36.4 Å². The molecule has 0 radical (unpaired) electrons. The van der Waals surface area contributed by atoms with Crippen LogP contribution in [-0.4, -0.2) is 87.8 Å². The van der Waals surface area contributed by atoms with Crippen molar-refractivity contribution in [2.45, 2.75) is 133 Å². The van der Waals surface area contributed by atoms with Gasteiger partial charge in [-0.25, -0.2) is 18.7 Å². The van der Waals surface area contributed by atoms with E-state index in [0.717, 1.165) is 37.2 Å². The van der Waals surface area contributed by atoms with Crippen molar-refractivity contribution in [2.24, 2.45) is 0 Å². The first-order chi connectivity index (χ1) is 21.9. The van der Waals surface area contributed by atoms with Gasteiger partial charge in [0.05, 0.1) is 64.3 Å². The summed E-state index contributed by atoms with van der Waals surface area (Å²) in [5.41, 5.74) is 1.96. The maximum absolute atomic E-state index is 13.6.